The van der Waals surface area contributed by atoms with Crippen LogP contribution >= 0.6 is 0 Å². The summed E-state index contributed by atoms with van der Waals surface area (Å²) in [6.07, 6.45) is 0.436. The molecule has 0 fully saturated rings. The van der Waals surface area contributed by atoms with Crippen LogP contribution in [-0.2, 0) is 13.0 Å². The van der Waals surface area contributed by atoms with E-state index in [4.69, 9.17) is 13.0 Å². The maximum absolute atomic E-state index is 12.8. The summed E-state index contributed by atoms with van der Waals surface area (Å²) >= 11 is 0. The molecule has 0 aromatic heterocycles. The molecule has 0 amide bonds. The monoisotopic (exact) mass is 442 g/mol. The quantitative estimate of drug-likeness (QED) is 0.182. The van der Waals surface area contributed by atoms with Crippen molar-refractivity contribution >= 4 is 25.2 Å². The smallest absolute Gasteiger partial charge is 0.388 e. The molecule has 0 spiro atoms. The van der Waals surface area contributed by atoms with E-state index in [9.17, 15) is 13.2 Å². The highest BCUT2D eigenvalue weighted by molar-refractivity contribution is 6.88. The predicted octanol–water partition coefficient (Wildman–Crippen LogP) is 6.64. The normalized spacial score (nSPS) is 15.0. The molecule has 0 heterocycles. The molecule has 160 valence electrons. The van der Waals surface area contributed by atoms with Crippen molar-refractivity contribution in [3.8, 4) is 12.0 Å². The Hall–Kier alpha value is -0.279. The molecule has 1 unspecified atom stereocenters. The largest absolute Gasteiger partial charge is 0.447 e. The van der Waals surface area contributed by atoms with Crippen molar-refractivity contribution < 1.29 is 26.1 Å². The standard InChI is InChI=1S/C18H37F3O3Si3/c1-8-10-15-25(3,4)23-26(5,6)24-27(7,17-12-18(19,20)21)16-11-14-22-13-9-2/h8,10-12,14-17H2,1-7H3. The third-order valence-electron chi connectivity index (χ3n) is 4.21. The van der Waals surface area contributed by atoms with Crippen molar-refractivity contribution in [1.82, 2.24) is 0 Å². The minimum absolute atomic E-state index is 0.0622. The van der Waals surface area contributed by atoms with E-state index in [0.717, 1.165) is 18.9 Å². The summed E-state index contributed by atoms with van der Waals surface area (Å²) in [5.41, 5.74) is 0. The molecule has 0 radical (unpaired) electrons. The van der Waals surface area contributed by atoms with Gasteiger partial charge in [0.25, 0.3) is 0 Å². The molecule has 9 heteroatoms. The average molecular weight is 443 g/mol. The average Bonchev–Trinajstić information content (AvgIpc) is 2.49. The molecule has 0 aromatic rings. The number of rotatable bonds is 13. The molecule has 0 bridgehead atoms. The highest BCUT2D eigenvalue weighted by Crippen LogP contribution is 2.33. The fourth-order valence-electron chi connectivity index (χ4n) is 3.21. The van der Waals surface area contributed by atoms with Crippen LogP contribution < -0.4 is 0 Å². The zero-order valence-corrected chi connectivity index (χ0v) is 21.0. The van der Waals surface area contributed by atoms with E-state index in [1.54, 1.807) is 6.92 Å². The van der Waals surface area contributed by atoms with Crippen LogP contribution in [0.1, 0.15) is 39.5 Å². The third kappa shape index (κ3) is 14.4. The molecule has 0 aliphatic heterocycles. The minimum atomic E-state index is -4.16. The van der Waals surface area contributed by atoms with E-state index in [1.165, 1.54) is 0 Å². The maximum Gasteiger partial charge on any atom is 0.388 e. The Labute approximate surface area is 166 Å². The lowest BCUT2D eigenvalue weighted by Crippen LogP contribution is -2.53. The van der Waals surface area contributed by atoms with Crippen molar-refractivity contribution in [2.45, 2.75) is 96.6 Å². The van der Waals surface area contributed by atoms with Gasteiger partial charge >= 0.3 is 14.7 Å². The van der Waals surface area contributed by atoms with Crippen LogP contribution in [0.3, 0.4) is 0 Å². The van der Waals surface area contributed by atoms with Gasteiger partial charge < -0.3 is 13.0 Å². The first kappa shape index (κ1) is 26.7. The van der Waals surface area contributed by atoms with Gasteiger partial charge in [0.2, 0.25) is 0 Å². The van der Waals surface area contributed by atoms with Crippen LogP contribution in [-0.4, -0.2) is 38.0 Å². The Morgan fingerprint density at radius 2 is 1.52 bits per heavy atom. The number of hydrogen-bond donors (Lipinski definition) is 0. The van der Waals surface area contributed by atoms with Gasteiger partial charge in [-0.1, -0.05) is 25.7 Å². The zero-order chi connectivity index (χ0) is 21.2. The molecule has 0 aliphatic rings. The summed E-state index contributed by atoms with van der Waals surface area (Å²) in [6, 6.07) is 1.73. The van der Waals surface area contributed by atoms with Crippen LogP contribution in [0.2, 0.25) is 50.9 Å². The zero-order valence-electron chi connectivity index (χ0n) is 18.0. The lowest BCUT2D eigenvalue weighted by Gasteiger charge is -2.40. The van der Waals surface area contributed by atoms with Gasteiger partial charge in [0, 0.05) is 13.3 Å². The second-order valence-electron chi connectivity index (χ2n) is 8.34. The fraction of sp³-hybridized carbons (Fsp3) is 0.889. The molecule has 0 aliphatic carbocycles. The first-order valence-electron chi connectivity index (χ1n) is 9.75. The fourth-order valence-corrected chi connectivity index (χ4v) is 18.2. The van der Waals surface area contributed by atoms with Gasteiger partial charge in [0.15, 0.2) is 16.6 Å². The van der Waals surface area contributed by atoms with E-state index >= 15 is 0 Å². The Bertz CT molecular complexity index is 488. The summed E-state index contributed by atoms with van der Waals surface area (Å²) in [6.45, 7) is 14.5. The maximum atomic E-state index is 12.8. The summed E-state index contributed by atoms with van der Waals surface area (Å²) in [5, 5.41) is 0. The Morgan fingerprint density at radius 1 is 0.889 bits per heavy atom. The van der Waals surface area contributed by atoms with Crippen LogP contribution in [0.25, 0.3) is 0 Å². The topological polar surface area (TPSA) is 27.7 Å². The summed E-state index contributed by atoms with van der Waals surface area (Å²) < 4.78 is 56.5. The number of halogens is 3. The van der Waals surface area contributed by atoms with Crippen molar-refractivity contribution in [1.29, 1.82) is 0 Å². The molecule has 0 rings (SSSR count). The molecular weight excluding hydrogens is 405 g/mol. The molecule has 0 saturated heterocycles. The Balaban J connectivity index is 5.02. The van der Waals surface area contributed by atoms with Gasteiger partial charge in [-0.25, -0.2) is 0 Å². The van der Waals surface area contributed by atoms with Gasteiger partial charge in [-0.05, 0) is 57.3 Å². The van der Waals surface area contributed by atoms with Crippen LogP contribution in [0.15, 0.2) is 0 Å². The SMILES string of the molecule is CC#COCCC[Si](C)(CCC(F)(F)F)O[Si](C)(C)O[Si](C)(C)CCCC. The second kappa shape index (κ2) is 11.7. The first-order chi connectivity index (χ1) is 12.2. The third-order valence-corrected chi connectivity index (χ3v) is 16.6. The van der Waals surface area contributed by atoms with Crippen molar-refractivity contribution in [2.75, 3.05) is 6.61 Å². The lowest BCUT2D eigenvalue weighted by molar-refractivity contribution is -0.131. The van der Waals surface area contributed by atoms with Crippen molar-refractivity contribution in [3.63, 3.8) is 0 Å². The lowest BCUT2D eigenvalue weighted by atomic mass is 10.4. The van der Waals surface area contributed by atoms with Gasteiger partial charge in [0.1, 0.15) is 6.11 Å². The highest BCUT2D eigenvalue weighted by Gasteiger charge is 2.43. The minimum Gasteiger partial charge on any atom is -0.447 e. The van der Waals surface area contributed by atoms with Crippen LogP contribution in [0.5, 0.6) is 0 Å². The van der Waals surface area contributed by atoms with E-state index in [1.807, 2.05) is 19.6 Å². The molecule has 3 nitrogen and oxygen atoms in total. The van der Waals surface area contributed by atoms with E-state index < -0.39 is 37.8 Å². The first-order valence-corrected chi connectivity index (χ1v) is 18.5. The summed E-state index contributed by atoms with van der Waals surface area (Å²) in [4.78, 5) is 0. The highest BCUT2D eigenvalue weighted by atomic mass is 28.5. The number of hydrogen-bond acceptors (Lipinski definition) is 3. The molecular formula is C18H37F3O3Si3. The van der Waals surface area contributed by atoms with E-state index in [-0.39, 0.29) is 6.04 Å². The molecule has 0 saturated carbocycles. The molecule has 1 atom stereocenters. The van der Waals surface area contributed by atoms with Gasteiger partial charge in [-0.3, -0.25) is 0 Å². The number of ether oxygens (including phenoxy) is 1. The number of alkyl halides is 3. The van der Waals surface area contributed by atoms with Crippen LogP contribution in [0.4, 0.5) is 13.2 Å². The Kier molecular flexibility index (Phi) is 11.5. The predicted molar refractivity (Wildman–Crippen MR) is 113 cm³/mol. The van der Waals surface area contributed by atoms with E-state index in [2.05, 4.69) is 32.0 Å². The molecule has 27 heavy (non-hydrogen) atoms. The summed E-state index contributed by atoms with van der Waals surface area (Å²) in [7, 11) is -6.96. The van der Waals surface area contributed by atoms with Crippen molar-refractivity contribution in [2.24, 2.45) is 0 Å². The number of unbranched alkanes of at least 4 members (excludes halogenated alkanes) is 1. The van der Waals surface area contributed by atoms with Gasteiger partial charge in [-0.2, -0.15) is 13.2 Å². The molecule has 0 N–H and O–H groups in total. The summed E-state index contributed by atoms with van der Waals surface area (Å²) in [5.74, 6) is 2.64. The Morgan fingerprint density at radius 3 is 2.04 bits per heavy atom. The van der Waals surface area contributed by atoms with Gasteiger partial charge in [-0.15, -0.1) is 0 Å². The van der Waals surface area contributed by atoms with Crippen LogP contribution in [0, 0.1) is 12.0 Å². The van der Waals surface area contributed by atoms with Gasteiger partial charge in [0.05, 0.1) is 6.61 Å². The molecule has 0 aromatic carbocycles. The van der Waals surface area contributed by atoms with Crippen molar-refractivity contribution in [3.05, 3.63) is 0 Å². The van der Waals surface area contributed by atoms with E-state index in [0.29, 0.717) is 19.1 Å². The second-order valence-corrected chi connectivity index (χ2v) is 20.7.